The first-order valence-electron chi connectivity index (χ1n) is 6.25. The number of nitrogens with two attached hydrogens (primary N) is 1. The third-order valence-corrected chi connectivity index (χ3v) is 2.88. The van der Waals surface area contributed by atoms with E-state index in [2.05, 4.69) is 31.1 Å². The van der Waals surface area contributed by atoms with Crippen LogP contribution in [0.2, 0.25) is 0 Å². The lowest BCUT2D eigenvalue weighted by Crippen LogP contribution is -2.32. The summed E-state index contributed by atoms with van der Waals surface area (Å²) in [4.78, 5) is 13.6. The van der Waals surface area contributed by atoms with Crippen LogP contribution in [-0.2, 0) is 4.79 Å². The van der Waals surface area contributed by atoms with Gasteiger partial charge in [0.1, 0.15) is 0 Å². The fraction of sp³-hybridized carbons (Fsp3) is 0.917. The third kappa shape index (κ3) is 8.68. The molecule has 0 aliphatic carbocycles. The van der Waals surface area contributed by atoms with E-state index in [0.717, 1.165) is 32.5 Å². The number of rotatable bonds is 9. The molecule has 0 rings (SSSR count). The van der Waals surface area contributed by atoms with E-state index in [-0.39, 0.29) is 5.91 Å². The van der Waals surface area contributed by atoms with Gasteiger partial charge in [0.15, 0.2) is 0 Å². The van der Waals surface area contributed by atoms with E-state index in [1.807, 2.05) is 0 Å². The highest BCUT2D eigenvalue weighted by Crippen LogP contribution is 2.08. The van der Waals surface area contributed by atoms with Crippen molar-refractivity contribution in [3.8, 4) is 0 Å². The van der Waals surface area contributed by atoms with Crippen molar-refractivity contribution in [1.29, 1.82) is 0 Å². The van der Waals surface area contributed by atoms with Crippen LogP contribution >= 0.6 is 0 Å². The molecule has 0 fully saturated rings. The minimum atomic E-state index is 0.161. The molecule has 0 aromatic heterocycles. The molecule has 0 saturated heterocycles. The standard InChI is InChI=1S/C12H27N3O/c1-4-15(3)10-9-14-12(16)6-5-11(2)7-8-13/h11H,4-10,13H2,1-3H3,(H,14,16). The summed E-state index contributed by atoms with van der Waals surface area (Å²) >= 11 is 0. The third-order valence-electron chi connectivity index (χ3n) is 2.88. The largest absolute Gasteiger partial charge is 0.355 e. The molecular formula is C12H27N3O. The minimum absolute atomic E-state index is 0.161. The highest BCUT2D eigenvalue weighted by atomic mass is 16.1. The van der Waals surface area contributed by atoms with E-state index >= 15 is 0 Å². The number of hydrogen-bond donors (Lipinski definition) is 2. The van der Waals surface area contributed by atoms with Crippen LogP contribution in [0.25, 0.3) is 0 Å². The van der Waals surface area contributed by atoms with E-state index in [9.17, 15) is 4.79 Å². The van der Waals surface area contributed by atoms with Gasteiger partial charge in [-0.25, -0.2) is 0 Å². The number of nitrogens with one attached hydrogen (secondary N) is 1. The van der Waals surface area contributed by atoms with E-state index in [0.29, 0.717) is 18.9 Å². The van der Waals surface area contributed by atoms with Crippen LogP contribution in [0.3, 0.4) is 0 Å². The topological polar surface area (TPSA) is 58.4 Å². The van der Waals surface area contributed by atoms with E-state index < -0.39 is 0 Å². The number of likely N-dealkylation sites (N-methyl/N-ethyl adjacent to an activating group) is 1. The van der Waals surface area contributed by atoms with Gasteiger partial charge >= 0.3 is 0 Å². The molecule has 0 radical (unpaired) electrons. The molecule has 0 aromatic carbocycles. The predicted molar refractivity (Wildman–Crippen MR) is 68.3 cm³/mol. The maximum absolute atomic E-state index is 11.5. The first kappa shape index (κ1) is 15.4. The maximum Gasteiger partial charge on any atom is 0.220 e. The Balaban J connectivity index is 3.44. The van der Waals surface area contributed by atoms with Gasteiger partial charge in [-0.15, -0.1) is 0 Å². The molecule has 0 bridgehead atoms. The second-order valence-electron chi connectivity index (χ2n) is 4.47. The summed E-state index contributed by atoms with van der Waals surface area (Å²) in [6.07, 6.45) is 2.56. The Bertz CT molecular complexity index is 185. The SMILES string of the molecule is CCN(C)CCNC(=O)CCC(C)CCN. The zero-order valence-corrected chi connectivity index (χ0v) is 11.0. The van der Waals surface area contributed by atoms with Gasteiger partial charge in [0, 0.05) is 19.5 Å². The summed E-state index contributed by atoms with van der Waals surface area (Å²) in [5, 5.41) is 2.93. The molecule has 1 atom stereocenters. The lowest BCUT2D eigenvalue weighted by Gasteiger charge is -2.14. The summed E-state index contributed by atoms with van der Waals surface area (Å²) < 4.78 is 0. The van der Waals surface area contributed by atoms with Gasteiger partial charge in [-0.05, 0) is 38.9 Å². The Morgan fingerprint density at radius 2 is 2.12 bits per heavy atom. The van der Waals surface area contributed by atoms with Gasteiger partial charge < -0.3 is 16.0 Å². The van der Waals surface area contributed by atoms with Crippen LogP contribution in [0.1, 0.15) is 33.1 Å². The molecular weight excluding hydrogens is 202 g/mol. The van der Waals surface area contributed by atoms with Gasteiger partial charge in [0.2, 0.25) is 5.91 Å². The second kappa shape index (κ2) is 9.60. The van der Waals surface area contributed by atoms with Gasteiger partial charge in [0.25, 0.3) is 0 Å². The molecule has 96 valence electrons. The minimum Gasteiger partial charge on any atom is -0.355 e. The zero-order chi connectivity index (χ0) is 12.4. The van der Waals surface area contributed by atoms with Crippen LogP contribution in [0.4, 0.5) is 0 Å². The summed E-state index contributed by atoms with van der Waals surface area (Å²) in [7, 11) is 2.05. The molecule has 0 aliphatic rings. The van der Waals surface area contributed by atoms with Crippen molar-refractivity contribution in [2.75, 3.05) is 33.2 Å². The molecule has 0 spiro atoms. The van der Waals surface area contributed by atoms with Crippen molar-refractivity contribution in [2.45, 2.75) is 33.1 Å². The number of hydrogen-bond acceptors (Lipinski definition) is 3. The first-order valence-corrected chi connectivity index (χ1v) is 6.25. The Labute approximate surface area is 99.6 Å². The van der Waals surface area contributed by atoms with E-state index in [1.165, 1.54) is 0 Å². The fourth-order valence-electron chi connectivity index (χ4n) is 1.44. The number of carbonyl (C=O) groups excluding carboxylic acids is 1. The van der Waals surface area contributed by atoms with Crippen LogP contribution in [0, 0.1) is 5.92 Å². The molecule has 0 heterocycles. The number of amides is 1. The Hall–Kier alpha value is -0.610. The van der Waals surface area contributed by atoms with Crippen LogP contribution in [0.15, 0.2) is 0 Å². The lowest BCUT2D eigenvalue weighted by molar-refractivity contribution is -0.121. The van der Waals surface area contributed by atoms with Crippen LogP contribution in [0.5, 0.6) is 0 Å². The quantitative estimate of drug-likeness (QED) is 0.615. The number of nitrogens with zero attached hydrogens (tertiary/aromatic N) is 1. The highest BCUT2D eigenvalue weighted by Gasteiger charge is 2.05. The monoisotopic (exact) mass is 229 g/mol. The van der Waals surface area contributed by atoms with Crippen molar-refractivity contribution in [1.82, 2.24) is 10.2 Å². The second-order valence-corrected chi connectivity index (χ2v) is 4.47. The average molecular weight is 229 g/mol. The van der Waals surface area contributed by atoms with Gasteiger partial charge in [-0.2, -0.15) is 0 Å². The van der Waals surface area contributed by atoms with E-state index in [4.69, 9.17) is 5.73 Å². The fourth-order valence-corrected chi connectivity index (χ4v) is 1.44. The molecule has 4 heteroatoms. The van der Waals surface area contributed by atoms with Crippen molar-refractivity contribution in [3.63, 3.8) is 0 Å². The normalized spacial score (nSPS) is 12.8. The van der Waals surface area contributed by atoms with Crippen LogP contribution in [-0.4, -0.2) is 44.0 Å². The maximum atomic E-state index is 11.5. The van der Waals surface area contributed by atoms with Crippen molar-refractivity contribution >= 4 is 5.91 Å². The van der Waals surface area contributed by atoms with E-state index in [1.54, 1.807) is 0 Å². The Morgan fingerprint density at radius 3 is 2.69 bits per heavy atom. The number of carbonyl (C=O) groups is 1. The molecule has 0 aromatic rings. The Morgan fingerprint density at radius 1 is 1.44 bits per heavy atom. The molecule has 1 amide bonds. The van der Waals surface area contributed by atoms with Crippen molar-refractivity contribution in [2.24, 2.45) is 11.7 Å². The summed E-state index contributed by atoms with van der Waals surface area (Å²) in [5.74, 6) is 0.711. The lowest BCUT2D eigenvalue weighted by atomic mass is 10.0. The van der Waals surface area contributed by atoms with Gasteiger partial charge in [0.05, 0.1) is 0 Å². The summed E-state index contributed by atoms with van der Waals surface area (Å²) in [6.45, 7) is 7.64. The summed E-state index contributed by atoms with van der Waals surface area (Å²) in [6, 6.07) is 0. The molecule has 0 saturated carbocycles. The molecule has 16 heavy (non-hydrogen) atoms. The first-order chi connectivity index (χ1) is 7.60. The average Bonchev–Trinajstić information content (AvgIpc) is 2.26. The Kier molecular flexibility index (Phi) is 9.24. The highest BCUT2D eigenvalue weighted by molar-refractivity contribution is 5.75. The van der Waals surface area contributed by atoms with Gasteiger partial charge in [-0.1, -0.05) is 13.8 Å². The van der Waals surface area contributed by atoms with Crippen LogP contribution < -0.4 is 11.1 Å². The van der Waals surface area contributed by atoms with Gasteiger partial charge in [-0.3, -0.25) is 4.79 Å². The molecule has 3 N–H and O–H groups in total. The molecule has 4 nitrogen and oxygen atoms in total. The molecule has 0 aliphatic heterocycles. The summed E-state index contributed by atoms with van der Waals surface area (Å²) in [5.41, 5.74) is 5.46. The smallest absolute Gasteiger partial charge is 0.220 e. The molecule has 1 unspecified atom stereocenters. The van der Waals surface area contributed by atoms with Crippen molar-refractivity contribution in [3.05, 3.63) is 0 Å². The predicted octanol–water partition coefficient (Wildman–Crippen LogP) is 0.819. The van der Waals surface area contributed by atoms with Crippen molar-refractivity contribution < 1.29 is 4.79 Å². The zero-order valence-electron chi connectivity index (χ0n) is 11.0.